The first-order valence-electron chi connectivity index (χ1n) is 11.3. The average Bonchev–Trinajstić information content (AvgIpc) is 2.76. The smallest absolute Gasteiger partial charge is 0.103 e. The van der Waals surface area contributed by atoms with Crippen LogP contribution in [0.3, 0.4) is 0 Å². The highest BCUT2D eigenvalue weighted by Crippen LogP contribution is 2.32. The lowest BCUT2D eigenvalue weighted by atomic mass is 9.95. The van der Waals surface area contributed by atoms with Gasteiger partial charge >= 0.3 is 0 Å². The summed E-state index contributed by atoms with van der Waals surface area (Å²) in [6, 6.07) is 13.1. The number of hydrogen-bond donors (Lipinski definition) is 1. The molecule has 2 aliphatic heterocycles. The molecule has 0 spiro atoms. The van der Waals surface area contributed by atoms with Crippen molar-refractivity contribution in [2.45, 2.75) is 52.6 Å². The first-order chi connectivity index (χ1) is 15.0. The zero-order valence-corrected chi connectivity index (χ0v) is 19.8. The van der Waals surface area contributed by atoms with E-state index in [1.165, 1.54) is 22.4 Å². The first-order valence-corrected chi connectivity index (χ1v) is 11.6. The minimum absolute atomic E-state index is 0.207. The standard InChI is InChI=1S/C25H34ClN5/c1-4-19(2)25(31-15-13-28-22(17-31)10-12-27)23-11-14-30(18-24(23)29-20(3)26)16-21-8-6-5-7-9-21/h5-9,22,28H,4,10-11,13-18H2,1-3H3/b25-19-,29-20?. The fourth-order valence-electron chi connectivity index (χ4n) is 4.48. The maximum Gasteiger partial charge on any atom is 0.103 e. The molecule has 6 heteroatoms. The molecule has 0 radical (unpaired) electrons. The molecule has 1 aromatic carbocycles. The molecule has 31 heavy (non-hydrogen) atoms. The average molecular weight is 440 g/mol. The Kier molecular flexibility index (Phi) is 8.71. The fraction of sp³-hybridized carbons (Fsp3) is 0.520. The molecule has 5 nitrogen and oxygen atoms in total. The number of allylic oxidation sites excluding steroid dienone is 2. The van der Waals surface area contributed by atoms with Crippen molar-refractivity contribution < 1.29 is 0 Å². The number of hydrogen-bond acceptors (Lipinski definition) is 5. The molecule has 1 atom stereocenters. The molecule has 2 heterocycles. The van der Waals surface area contributed by atoms with Crippen LogP contribution < -0.4 is 5.32 Å². The van der Waals surface area contributed by atoms with Crippen molar-refractivity contribution in [2.24, 2.45) is 4.99 Å². The zero-order valence-electron chi connectivity index (χ0n) is 19.0. The number of nitrogens with one attached hydrogen (secondary N) is 1. The van der Waals surface area contributed by atoms with Crippen molar-refractivity contribution in [2.75, 3.05) is 32.7 Å². The van der Waals surface area contributed by atoms with E-state index in [4.69, 9.17) is 16.6 Å². The molecule has 1 saturated heterocycles. The molecule has 1 unspecified atom stereocenters. The summed E-state index contributed by atoms with van der Waals surface area (Å²) < 4.78 is 0. The van der Waals surface area contributed by atoms with Gasteiger partial charge in [-0.05, 0) is 43.4 Å². The van der Waals surface area contributed by atoms with Gasteiger partial charge in [0.1, 0.15) is 5.17 Å². The SMILES string of the molecule is CC/C(C)=C(/C1=C(N=C(C)Cl)CN(Cc2ccccc2)CC1)N1CCNC(CC#N)C1. The molecule has 0 amide bonds. The Balaban J connectivity index is 1.92. The van der Waals surface area contributed by atoms with Crippen LogP contribution in [0.25, 0.3) is 0 Å². The van der Waals surface area contributed by atoms with E-state index < -0.39 is 0 Å². The number of benzene rings is 1. The first kappa shape index (κ1) is 23.5. The van der Waals surface area contributed by atoms with E-state index in [9.17, 15) is 5.26 Å². The molecule has 2 aliphatic rings. The van der Waals surface area contributed by atoms with Gasteiger partial charge in [0.25, 0.3) is 0 Å². The van der Waals surface area contributed by atoms with E-state index in [1.54, 1.807) is 0 Å². The van der Waals surface area contributed by atoms with Crippen LogP contribution in [0, 0.1) is 11.3 Å². The van der Waals surface area contributed by atoms with Crippen LogP contribution in [0.15, 0.2) is 57.9 Å². The Morgan fingerprint density at radius 3 is 2.71 bits per heavy atom. The van der Waals surface area contributed by atoms with E-state index in [2.05, 4.69) is 65.4 Å². The normalized spacial score (nSPS) is 21.7. The van der Waals surface area contributed by atoms with Gasteiger partial charge in [-0.1, -0.05) is 48.9 Å². The van der Waals surface area contributed by atoms with Crippen molar-refractivity contribution in [3.63, 3.8) is 0 Å². The number of rotatable bonds is 7. The van der Waals surface area contributed by atoms with E-state index in [-0.39, 0.29) is 6.04 Å². The molecule has 1 fully saturated rings. The predicted octanol–water partition coefficient (Wildman–Crippen LogP) is 4.68. The second kappa shape index (κ2) is 11.5. The van der Waals surface area contributed by atoms with Crippen molar-refractivity contribution >= 4 is 16.8 Å². The van der Waals surface area contributed by atoms with Crippen LogP contribution in [0.2, 0.25) is 0 Å². The van der Waals surface area contributed by atoms with Gasteiger partial charge in [0.15, 0.2) is 0 Å². The summed E-state index contributed by atoms with van der Waals surface area (Å²) in [5.41, 5.74) is 6.42. The van der Waals surface area contributed by atoms with Crippen molar-refractivity contribution in [1.29, 1.82) is 5.26 Å². The highest BCUT2D eigenvalue weighted by atomic mass is 35.5. The minimum Gasteiger partial charge on any atom is -0.368 e. The quantitative estimate of drug-likeness (QED) is 0.627. The number of aliphatic imine (C=N–C) groups is 1. The molecule has 0 aliphatic carbocycles. The second-order valence-electron chi connectivity index (χ2n) is 8.42. The summed E-state index contributed by atoms with van der Waals surface area (Å²) >= 11 is 6.27. The highest BCUT2D eigenvalue weighted by Gasteiger charge is 2.28. The number of nitrogens with zero attached hydrogens (tertiary/aromatic N) is 4. The van der Waals surface area contributed by atoms with Crippen LogP contribution in [0.5, 0.6) is 0 Å². The van der Waals surface area contributed by atoms with Gasteiger partial charge in [0.05, 0.1) is 18.2 Å². The molecular formula is C25H34ClN5. The predicted molar refractivity (Wildman–Crippen MR) is 129 cm³/mol. The second-order valence-corrected chi connectivity index (χ2v) is 8.97. The van der Waals surface area contributed by atoms with Gasteiger partial charge in [0, 0.05) is 51.0 Å². The van der Waals surface area contributed by atoms with Gasteiger partial charge in [-0.2, -0.15) is 5.26 Å². The molecule has 1 N–H and O–H groups in total. The Morgan fingerprint density at radius 2 is 2.03 bits per heavy atom. The third-order valence-electron chi connectivity index (χ3n) is 6.07. The van der Waals surface area contributed by atoms with Crippen LogP contribution in [0.1, 0.15) is 45.6 Å². The van der Waals surface area contributed by atoms with Gasteiger partial charge in [-0.3, -0.25) is 4.90 Å². The molecule has 0 bridgehead atoms. The highest BCUT2D eigenvalue weighted by molar-refractivity contribution is 6.64. The monoisotopic (exact) mass is 439 g/mol. The largest absolute Gasteiger partial charge is 0.368 e. The molecular weight excluding hydrogens is 406 g/mol. The molecule has 0 aromatic heterocycles. The summed E-state index contributed by atoms with van der Waals surface area (Å²) in [5, 5.41) is 13.2. The summed E-state index contributed by atoms with van der Waals surface area (Å²) in [7, 11) is 0. The van der Waals surface area contributed by atoms with Crippen LogP contribution in [-0.4, -0.2) is 53.7 Å². The Bertz CT molecular complexity index is 877. The Morgan fingerprint density at radius 1 is 1.26 bits per heavy atom. The third kappa shape index (κ3) is 6.43. The van der Waals surface area contributed by atoms with Gasteiger partial charge in [-0.15, -0.1) is 0 Å². The van der Waals surface area contributed by atoms with Gasteiger partial charge in [0.2, 0.25) is 0 Å². The van der Waals surface area contributed by atoms with Crippen molar-refractivity contribution in [3.8, 4) is 6.07 Å². The molecule has 3 rings (SSSR count). The van der Waals surface area contributed by atoms with E-state index in [1.807, 2.05) is 6.92 Å². The molecule has 1 aromatic rings. The summed E-state index contributed by atoms with van der Waals surface area (Å²) in [6.45, 7) is 11.7. The van der Waals surface area contributed by atoms with Crippen molar-refractivity contribution in [1.82, 2.24) is 15.1 Å². The lowest BCUT2D eigenvalue weighted by Gasteiger charge is -2.40. The van der Waals surface area contributed by atoms with Crippen LogP contribution in [0.4, 0.5) is 0 Å². The maximum absolute atomic E-state index is 9.17. The molecule has 0 saturated carbocycles. The summed E-state index contributed by atoms with van der Waals surface area (Å²) in [5.74, 6) is 0. The fourth-order valence-corrected chi connectivity index (χ4v) is 4.58. The Hall–Kier alpha value is -2.13. The van der Waals surface area contributed by atoms with Crippen LogP contribution in [-0.2, 0) is 6.54 Å². The van der Waals surface area contributed by atoms with Gasteiger partial charge in [-0.25, -0.2) is 4.99 Å². The number of piperazine rings is 1. The number of nitriles is 1. The van der Waals surface area contributed by atoms with Crippen LogP contribution >= 0.6 is 11.6 Å². The Labute approximate surface area is 192 Å². The zero-order chi connectivity index (χ0) is 22.2. The van der Waals surface area contributed by atoms with Gasteiger partial charge < -0.3 is 10.2 Å². The summed E-state index contributed by atoms with van der Waals surface area (Å²) in [6.07, 6.45) is 2.48. The lowest BCUT2D eigenvalue weighted by Crippen LogP contribution is -2.50. The van der Waals surface area contributed by atoms with E-state index in [0.717, 1.165) is 57.8 Å². The minimum atomic E-state index is 0.207. The van der Waals surface area contributed by atoms with E-state index >= 15 is 0 Å². The lowest BCUT2D eigenvalue weighted by molar-refractivity contribution is 0.238. The maximum atomic E-state index is 9.17. The number of halogens is 1. The van der Waals surface area contributed by atoms with Crippen molar-refractivity contribution in [3.05, 3.63) is 58.4 Å². The molecule has 166 valence electrons. The topological polar surface area (TPSA) is 54.7 Å². The summed E-state index contributed by atoms with van der Waals surface area (Å²) in [4.78, 5) is 9.71. The van der Waals surface area contributed by atoms with E-state index in [0.29, 0.717) is 11.6 Å². The third-order valence-corrected chi connectivity index (χ3v) is 6.15.